The molecule has 8 nitrogen and oxygen atoms in total. The first kappa shape index (κ1) is 23.5. The van der Waals surface area contributed by atoms with E-state index in [9.17, 15) is 17.6 Å². The summed E-state index contributed by atoms with van der Waals surface area (Å²) in [7, 11) is -1.74. The Hall–Kier alpha value is -3.70. The molecular weight excluding hydrogens is 492 g/mol. The van der Waals surface area contributed by atoms with Crippen molar-refractivity contribution < 1.29 is 31.5 Å². The SMILES string of the molecule is COc1ccc(S(=O)(=O)Nc2ccc(F)c(C(=O)c3c[nH]c4ncc(Cl)cc34)c2F)c(OC)c1. The number of pyridine rings is 1. The molecule has 0 aliphatic carbocycles. The first-order chi connectivity index (χ1) is 16.2. The number of hydrogen-bond donors (Lipinski definition) is 2. The predicted octanol–water partition coefficient (Wildman–Crippen LogP) is 4.54. The second-order valence-corrected chi connectivity index (χ2v) is 9.07. The van der Waals surface area contributed by atoms with E-state index in [0.717, 1.165) is 12.1 Å². The summed E-state index contributed by atoms with van der Waals surface area (Å²) in [4.78, 5) is 19.5. The van der Waals surface area contributed by atoms with Crippen molar-refractivity contribution in [2.75, 3.05) is 18.9 Å². The molecule has 0 unspecified atom stereocenters. The lowest BCUT2D eigenvalue weighted by Gasteiger charge is -2.14. The van der Waals surface area contributed by atoms with Gasteiger partial charge in [0.2, 0.25) is 5.78 Å². The second kappa shape index (κ2) is 8.92. The standard InChI is InChI=1S/C22H16ClF2N3O5S/c1-32-12-3-6-18(17(8-12)33-2)34(30,31)28-16-5-4-15(24)19(20(16)25)21(29)14-10-27-22-13(14)7-11(23)9-26-22/h3-10,28H,1-2H3,(H,26,27). The van der Waals surface area contributed by atoms with Gasteiger partial charge in [-0.25, -0.2) is 22.2 Å². The third-order valence-electron chi connectivity index (χ3n) is 4.97. The van der Waals surface area contributed by atoms with Crippen LogP contribution in [-0.2, 0) is 10.0 Å². The van der Waals surface area contributed by atoms with Gasteiger partial charge in [-0.1, -0.05) is 11.6 Å². The molecule has 2 aromatic heterocycles. The maximum atomic E-state index is 15.3. The average molecular weight is 508 g/mol. The number of benzene rings is 2. The zero-order valence-corrected chi connectivity index (χ0v) is 19.2. The van der Waals surface area contributed by atoms with E-state index in [4.69, 9.17) is 21.1 Å². The molecule has 34 heavy (non-hydrogen) atoms. The Labute approximate surface area is 197 Å². The van der Waals surface area contributed by atoms with Crippen LogP contribution in [0, 0.1) is 11.6 Å². The van der Waals surface area contributed by atoms with E-state index >= 15 is 4.39 Å². The molecule has 0 bridgehead atoms. The third-order valence-corrected chi connectivity index (χ3v) is 6.58. The number of aromatic nitrogens is 2. The van der Waals surface area contributed by atoms with E-state index < -0.39 is 38.7 Å². The molecule has 0 amide bonds. The van der Waals surface area contributed by atoms with Gasteiger partial charge in [-0.3, -0.25) is 9.52 Å². The molecule has 4 rings (SSSR count). The summed E-state index contributed by atoms with van der Waals surface area (Å²) < 4.78 is 67.9. The molecule has 2 heterocycles. The van der Waals surface area contributed by atoms with Gasteiger partial charge in [0.1, 0.15) is 27.9 Å². The van der Waals surface area contributed by atoms with Crippen LogP contribution in [0.2, 0.25) is 5.02 Å². The zero-order chi connectivity index (χ0) is 24.6. The second-order valence-electron chi connectivity index (χ2n) is 6.99. The lowest BCUT2D eigenvalue weighted by molar-refractivity contribution is 0.103. The molecule has 2 aromatic carbocycles. The average Bonchev–Trinajstić information content (AvgIpc) is 3.23. The fourth-order valence-corrected chi connectivity index (χ4v) is 4.71. The lowest BCUT2D eigenvalue weighted by atomic mass is 10.0. The predicted molar refractivity (Wildman–Crippen MR) is 121 cm³/mol. The van der Waals surface area contributed by atoms with Crippen LogP contribution in [0.5, 0.6) is 11.5 Å². The van der Waals surface area contributed by atoms with Crippen molar-refractivity contribution in [3.63, 3.8) is 0 Å². The van der Waals surface area contributed by atoms with Gasteiger partial charge in [-0.2, -0.15) is 0 Å². The Morgan fingerprint density at radius 1 is 1.12 bits per heavy atom. The third kappa shape index (κ3) is 4.15. The molecule has 2 N–H and O–H groups in total. The number of nitrogens with zero attached hydrogens (tertiary/aromatic N) is 1. The molecule has 0 radical (unpaired) electrons. The molecule has 0 saturated heterocycles. The van der Waals surface area contributed by atoms with Crippen LogP contribution in [0.4, 0.5) is 14.5 Å². The first-order valence-electron chi connectivity index (χ1n) is 9.56. The van der Waals surface area contributed by atoms with Crippen LogP contribution >= 0.6 is 11.6 Å². The van der Waals surface area contributed by atoms with Gasteiger partial charge in [0.15, 0.2) is 5.82 Å². The summed E-state index contributed by atoms with van der Waals surface area (Å²) in [5.74, 6) is -3.30. The van der Waals surface area contributed by atoms with Gasteiger partial charge in [0, 0.05) is 29.4 Å². The zero-order valence-electron chi connectivity index (χ0n) is 17.6. The van der Waals surface area contributed by atoms with Crippen LogP contribution in [-0.4, -0.2) is 38.4 Å². The van der Waals surface area contributed by atoms with Gasteiger partial charge >= 0.3 is 0 Å². The molecule has 0 saturated carbocycles. The maximum Gasteiger partial charge on any atom is 0.265 e. The highest BCUT2D eigenvalue weighted by Crippen LogP contribution is 2.32. The summed E-state index contributed by atoms with van der Waals surface area (Å²) in [5.41, 5.74) is -1.36. The molecular formula is C22H16ClF2N3O5S. The Kier molecular flexibility index (Phi) is 6.15. The van der Waals surface area contributed by atoms with Crippen molar-refractivity contribution >= 4 is 44.1 Å². The highest BCUT2D eigenvalue weighted by molar-refractivity contribution is 7.92. The number of halogens is 3. The Morgan fingerprint density at radius 3 is 2.59 bits per heavy atom. The number of rotatable bonds is 7. The highest BCUT2D eigenvalue weighted by atomic mass is 35.5. The number of H-pyrrole nitrogens is 1. The minimum Gasteiger partial charge on any atom is -0.497 e. The number of ether oxygens (including phenoxy) is 2. The molecule has 0 atom stereocenters. The van der Waals surface area contributed by atoms with E-state index in [1.54, 1.807) is 0 Å². The number of nitrogens with one attached hydrogen (secondary N) is 2. The number of sulfonamides is 1. The summed E-state index contributed by atoms with van der Waals surface area (Å²) in [6.07, 6.45) is 2.59. The van der Waals surface area contributed by atoms with Crippen LogP contribution in [0.15, 0.2) is 53.7 Å². The normalized spacial score (nSPS) is 11.4. The number of hydrogen-bond acceptors (Lipinski definition) is 6. The van der Waals surface area contributed by atoms with Gasteiger partial charge in [-0.15, -0.1) is 0 Å². The van der Waals surface area contributed by atoms with E-state index in [-0.39, 0.29) is 32.3 Å². The molecule has 12 heteroatoms. The quantitative estimate of drug-likeness (QED) is 0.355. The van der Waals surface area contributed by atoms with Gasteiger partial charge < -0.3 is 14.5 Å². The minimum atomic E-state index is -4.39. The highest BCUT2D eigenvalue weighted by Gasteiger charge is 2.27. The lowest BCUT2D eigenvalue weighted by Crippen LogP contribution is -2.17. The van der Waals surface area contributed by atoms with E-state index in [2.05, 4.69) is 9.97 Å². The fourth-order valence-electron chi connectivity index (χ4n) is 3.34. The van der Waals surface area contributed by atoms with Crippen molar-refractivity contribution in [1.82, 2.24) is 9.97 Å². The monoisotopic (exact) mass is 507 g/mol. The number of aromatic amines is 1. The first-order valence-corrected chi connectivity index (χ1v) is 11.4. The Morgan fingerprint density at radius 2 is 1.88 bits per heavy atom. The Balaban J connectivity index is 1.76. The van der Waals surface area contributed by atoms with E-state index in [1.165, 1.54) is 50.9 Å². The molecule has 0 aliphatic rings. The van der Waals surface area contributed by atoms with E-state index in [1.807, 2.05) is 4.72 Å². The molecule has 0 aliphatic heterocycles. The smallest absolute Gasteiger partial charge is 0.265 e. The van der Waals surface area contributed by atoms with Crippen molar-refractivity contribution in [3.05, 3.63) is 76.6 Å². The van der Waals surface area contributed by atoms with Crippen molar-refractivity contribution in [2.24, 2.45) is 0 Å². The molecule has 0 fully saturated rings. The fraction of sp³-hybridized carbons (Fsp3) is 0.0909. The largest absolute Gasteiger partial charge is 0.497 e. The number of ketones is 1. The van der Waals surface area contributed by atoms with Crippen molar-refractivity contribution in [2.45, 2.75) is 4.90 Å². The summed E-state index contributed by atoms with van der Waals surface area (Å²) in [5, 5.41) is 0.474. The maximum absolute atomic E-state index is 15.3. The topological polar surface area (TPSA) is 110 Å². The summed E-state index contributed by atoms with van der Waals surface area (Å²) in [6.45, 7) is 0. The van der Waals surface area contributed by atoms with E-state index in [0.29, 0.717) is 5.75 Å². The van der Waals surface area contributed by atoms with Crippen LogP contribution in [0.1, 0.15) is 15.9 Å². The Bertz CT molecular complexity index is 1540. The number of carbonyl (C=O) groups excluding carboxylic acids is 1. The summed E-state index contributed by atoms with van der Waals surface area (Å²) in [6, 6.07) is 7.01. The van der Waals surface area contributed by atoms with Crippen LogP contribution in [0.25, 0.3) is 11.0 Å². The number of anilines is 1. The minimum absolute atomic E-state index is 0.0613. The van der Waals surface area contributed by atoms with Gasteiger partial charge in [0.05, 0.1) is 30.5 Å². The summed E-state index contributed by atoms with van der Waals surface area (Å²) >= 11 is 5.93. The van der Waals surface area contributed by atoms with Crippen LogP contribution in [0.3, 0.4) is 0 Å². The molecule has 4 aromatic rings. The van der Waals surface area contributed by atoms with Crippen LogP contribution < -0.4 is 14.2 Å². The van der Waals surface area contributed by atoms with Gasteiger partial charge in [0.25, 0.3) is 10.0 Å². The number of carbonyl (C=O) groups is 1. The van der Waals surface area contributed by atoms with Crippen molar-refractivity contribution in [1.29, 1.82) is 0 Å². The van der Waals surface area contributed by atoms with Crippen molar-refractivity contribution in [3.8, 4) is 11.5 Å². The molecule has 176 valence electrons. The number of methoxy groups -OCH3 is 2. The molecule has 0 spiro atoms. The number of fused-ring (bicyclic) bond motifs is 1. The van der Waals surface area contributed by atoms with Gasteiger partial charge in [-0.05, 0) is 30.3 Å².